The van der Waals surface area contributed by atoms with Crippen molar-refractivity contribution in [2.75, 3.05) is 0 Å². The number of benzene rings is 8. The Morgan fingerprint density at radius 1 is 0.396 bits per heavy atom. The summed E-state index contributed by atoms with van der Waals surface area (Å²) in [5.74, 6) is 0. The van der Waals surface area contributed by atoms with E-state index in [2.05, 4.69) is 194 Å². The van der Waals surface area contributed by atoms with Crippen LogP contribution in [0.1, 0.15) is 25.0 Å². The molecule has 1 aliphatic carbocycles. The summed E-state index contributed by atoms with van der Waals surface area (Å²) < 4.78 is 5.11. The Labute approximate surface area is 313 Å². The van der Waals surface area contributed by atoms with E-state index in [9.17, 15) is 0 Å². The van der Waals surface area contributed by atoms with E-state index in [1.54, 1.807) is 0 Å². The quantitative estimate of drug-likeness (QED) is 0.173. The highest BCUT2D eigenvalue weighted by atomic mass is 32.1. The van der Waals surface area contributed by atoms with Gasteiger partial charge in [0.05, 0.1) is 11.0 Å². The molecule has 250 valence electrons. The monoisotopic (exact) mass is 693 g/mol. The van der Waals surface area contributed by atoms with E-state index in [1.807, 2.05) is 11.3 Å². The van der Waals surface area contributed by atoms with Crippen LogP contribution < -0.4 is 0 Å². The standard InChI is InChI=1S/C51H35NS/c1-51(2)45-21-6-3-16-39(45)40-26-24-35(31-46(40)51)33-13-9-12-32(28-33)34-25-27-48-44(30-34)41-17-4-7-22-47(41)52(48)37-15-10-14-36(29-37)38-19-11-20-43-42-18-5-8-23-49(42)53-50(38)43/h3-31H,1-2H3. The lowest BCUT2D eigenvalue weighted by atomic mass is 9.81. The molecule has 0 atom stereocenters. The molecule has 0 bridgehead atoms. The lowest BCUT2D eigenvalue weighted by Gasteiger charge is -2.22. The Morgan fingerprint density at radius 3 is 1.92 bits per heavy atom. The van der Waals surface area contributed by atoms with Gasteiger partial charge in [0.2, 0.25) is 0 Å². The molecule has 2 heterocycles. The zero-order valence-corrected chi connectivity index (χ0v) is 30.4. The van der Waals surface area contributed by atoms with Gasteiger partial charge in [-0.25, -0.2) is 0 Å². The molecule has 0 radical (unpaired) electrons. The SMILES string of the molecule is CC1(C)c2ccccc2-c2ccc(-c3cccc(-c4ccc5c(c4)c4ccccc4n5-c4cccc(-c5cccc6c5sc5ccccc56)c4)c3)cc21. The first kappa shape index (κ1) is 30.4. The minimum absolute atomic E-state index is 0.0236. The number of aromatic nitrogens is 1. The van der Waals surface area contributed by atoms with Crippen molar-refractivity contribution in [3.8, 4) is 50.2 Å². The first-order chi connectivity index (χ1) is 26.0. The molecule has 0 saturated heterocycles. The summed E-state index contributed by atoms with van der Waals surface area (Å²) in [7, 11) is 0. The minimum Gasteiger partial charge on any atom is -0.309 e. The number of thiophene rings is 1. The number of hydrogen-bond donors (Lipinski definition) is 0. The number of para-hydroxylation sites is 1. The highest BCUT2D eigenvalue weighted by Gasteiger charge is 2.35. The predicted octanol–water partition coefficient (Wildman–Crippen LogP) is 14.5. The normalized spacial score (nSPS) is 13.2. The molecule has 53 heavy (non-hydrogen) atoms. The van der Waals surface area contributed by atoms with Crippen LogP contribution in [0.15, 0.2) is 176 Å². The van der Waals surface area contributed by atoms with Crippen LogP contribution in [0.4, 0.5) is 0 Å². The summed E-state index contributed by atoms with van der Waals surface area (Å²) in [4.78, 5) is 0. The van der Waals surface area contributed by atoms with Gasteiger partial charge in [0.1, 0.15) is 0 Å². The van der Waals surface area contributed by atoms with Gasteiger partial charge in [0, 0.05) is 42.0 Å². The van der Waals surface area contributed by atoms with Crippen LogP contribution in [-0.4, -0.2) is 4.57 Å². The van der Waals surface area contributed by atoms with Gasteiger partial charge in [0.25, 0.3) is 0 Å². The zero-order chi connectivity index (χ0) is 35.3. The summed E-state index contributed by atoms with van der Waals surface area (Å²) in [6.07, 6.45) is 0. The van der Waals surface area contributed by atoms with Gasteiger partial charge < -0.3 is 4.57 Å². The van der Waals surface area contributed by atoms with Crippen molar-refractivity contribution in [1.29, 1.82) is 0 Å². The van der Waals surface area contributed by atoms with Crippen LogP contribution in [0.25, 0.3) is 92.2 Å². The smallest absolute Gasteiger partial charge is 0.0541 e. The largest absolute Gasteiger partial charge is 0.309 e. The van der Waals surface area contributed by atoms with E-state index < -0.39 is 0 Å². The van der Waals surface area contributed by atoms with Crippen LogP contribution in [0.5, 0.6) is 0 Å². The Bertz CT molecular complexity index is 3100. The van der Waals surface area contributed by atoms with E-state index in [4.69, 9.17) is 0 Å². The Hall–Kier alpha value is -6.22. The second-order valence-electron chi connectivity index (χ2n) is 14.9. The van der Waals surface area contributed by atoms with Gasteiger partial charge in [0.15, 0.2) is 0 Å². The molecule has 0 fully saturated rings. The molecule has 10 aromatic rings. The maximum atomic E-state index is 2.43. The minimum atomic E-state index is -0.0236. The third kappa shape index (κ3) is 4.56. The van der Waals surface area contributed by atoms with Crippen LogP contribution in [0, 0.1) is 0 Å². The van der Waals surface area contributed by atoms with E-state index >= 15 is 0 Å². The molecule has 0 spiro atoms. The average Bonchev–Trinajstić information content (AvgIpc) is 3.83. The Balaban J connectivity index is 1.01. The number of nitrogens with zero attached hydrogens (tertiary/aromatic N) is 1. The van der Waals surface area contributed by atoms with E-state index in [0.29, 0.717) is 0 Å². The van der Waals surface area contributed by atoms with Gasteiger partial charge in [-0.1, -0.05) is 141 Å². The fourth-order valence-electron chi connectivity index (χ4n) is 8.98. The number of hydrogen-bond acceptors (Lipinski definition) is 1. The van der Waals surface area contributed by atoms with Gasteiger partial charge >= 0.3 is 0 Å². The molecule has 2 heteroatoms. The highest BCUT2D eigenvalue weighted by molar-refractivity contribution is 7.26. The van der Waals surface area contributed by atoms with Gasteiger partial charge in [-0.3, -0.25) is 0 Å². The molecule has 1 aliphatic rings. The first-order valence-corrected chi connectivity index (χ1v) is 19.2. The van der Waals surface area contributed by atoms with E-state index in [-0.39, 0.29) is 5.41 Å². The molecule has 0 aliphatic heterocycles. The fraction of sp³-hybridized carbons (Fsp3) is 0.0588. The van der Waals surface area contributed by atoms with E-state index in [1.165, 1.54) is 103 Å². The van der Waals surface area contributed by atoms with Gasteiger partial charge in [-0.05, 0) is 104 Å². The van der Waals surface area contributed by atoms with Crippen molar-refractivity contribution in [3.05, 3.63) is 187 Å². The summed E-state index contributed by atoms with van der Waals surface area (Å²) in [5.41, 5.74) is 16.6. The lowest BCUT2D eigenvalue weighted by molar-refractivity contribution is 0.660. The molecular weight excluding hydrogens is 659 g/mol. The molecule has 1 nitrogen and oxygen atoms in total. The summed E-state index contributed by atoms with van der Waals surface area (Å²) in [5, 5.41) is 5.18. The topological polar surface area (TPSA) is 4.93 Å². The van der Waals surface area contributed by atoms with Crippen molar-refractivity contribution in [3.63, 3.8) is 0 Å². The van der Waals surface area contributed by atoms with Crippen molar-refractivity contribution >= 4 is 53.3 Å². The van der Waals surface area contributed by atoms with E-state index in [0.717, 1.165) is 0 Å². The van der Waals surface area contributed by atoms with Crippen LogP contribution in [0.3, 0.4) is 0 Å². The third-order valence-electron chi connectivity index (χ3n) is 11.6. The maximum Gasteiger partial charge on any atom is 0.0541 e. The predicted molar refractivity (Wildman–Crippen MR) is 228 cm³/mol. The van der Waals surface area contributed by atoms with Crippen molar-refractivity contribution in [2.24, 2.45) is 0 Å². The second kappa shape index (κ2) is 11.4. The molecule has 0 N–H and O–H groups in total. The van der Waals surface area contributed by atoms with Gasteiger partial charge in [-0.2, -0.15) is 0 Å². The third-order valence-corrected chi connectivity index (χ3v) is 12.8. The number of rotatable bonds is 4. The van der Waals surface area contributed by atoms with Crippen LogP contribution in [-0.2, 0) is 5.41 Å². The molecule has 0 amide bonds. The first-order valence-electron chi connectivity index (χ1n) is 18.4. The van der Waals surface area contributed by atoms with Gasteiger partial charge in [-0.15, -0.1) is 11.3 Å². The summed E-state index contributed by atoms with van der Waals surface area (Å²) in [6, 6.07) is 65.3. The zero-order valence-electron chi connectivity index (χ0n) is 29.6. The maximum absolute atomic E-state index is 2.43. The van der Waals surface area contributed by atoms with Crippen LogP contribution >= 0.6 is 11.3 Å². The Morgan fingerprint density at radius 2 is 1.02 bits per heavy atom. The van der Waals surface area contributed by atoms with Crippen molar-refractivity contribution in [1.82, 2.24) is 4.57 Å². The molecule has 8 aromatic carbocycles. The lowest BCUT2D eigenvalue weighted by Crippen LogP contribution is -2.14. The Kier molecular flexibility index (Phi) is 6.53. The molecular formula is C51H35NS. The van der Waals surface area contributed by atoms with Crippen LogP contribution in [0.2, 0.25) is 0 Å². The molecule has 0 unspecified atom stereocenters. The van der Waals surface area contributed by atoms with Crippen molar-refractivity contribution in [2.45, 2.75) is 19.3 Å². The molecule has 11 rings (SSSR count). The second-order valence-corrected chi connectivity index (χ2v) is 16.0. The molecule has 0 saturated carbocycles. The van der Waals surface area contributed by atoms with Crippen molar-refractivity contribution < 1.29 is 0 Å². The summed E-state index contributed by atoms with van der Waals surface area (Å²) >= 11 is 1.89. The number of fused-ring (bicyclic) bond motifs is 9. The highest BCUT2D eigenvalue weighted by Crippen LogP contribution is 2.50. The molecule has 2 aromatic heterocycles. The fourth-order valence-corrected chi connectivity index (χ4v) is 10.2. The summed E-state index contributed by atoms with van der Waals surface area (Å²) in [6.45, 7) is 4.71. The average molecular weight is 694 g/mol.